The first-order chi connectivity index (χ1) is 7.08. The summed E-state index contributed by atoms with van der Waals surface area (Å²) < 4.78 is 0. The largest absolute Gasteiger partial charge is 0.480 e. The zero-order valence-electron chi connectivity index (χ0n) is 9.65. The van der Waals surface area contributed by atoms with Gasteiger partial charge in [-0.05, 0) is 51.0 Å². The third kappa shape index (κ3) is 2.17. The number of carboxylic acid groups (broad SMARTS) is 1. The first-order valence-electron chi connectivity index (χ1n) is 6.01. The fourth-order valence-corrected chi connectivity index (χ4v) is 3.32. The van der Waals surface area contributed by atoms with Crippen LogP contribution in [0.5, 0.6) is 0 Å². The molecule has 2 saturated carbocycles. The van der Waals surface area contributed by atoms with Crippen molar-refractivity contribution in [2.75, 3.05) is 13.6 Å². The van der Waals surface area contributed by atoms with Gasteiger partial charge in [-0.25, -0.2) is 0 Å². The van der Waals surface area contributed by atoms with E-state index in [0.717, 1.165) is 24.3 Å². The number of fused-ring (bicyclic) bond motifs is 2. The lowest BCUT2D eigenvalue weighted by atomic mass is 9.88. The molecule has 0 aromatic rings. The van der Waals surface area contributed by atoms with E-state index in [2.05, 4.69) is 0 Å². The Hall–Kier alpha value is -0.570. The normalized spacial score (nSPS) is 36.1. The minimum Gasteiger partial charge on any atom is -0.480 e. The molecule has 2 bridgehead atoms. The van der Waals surface area contributed by atoms with Gasteiger partial charge < -0.3 is 5.11 Å². The van der Waals surface area contributed by atoms with Crippen LogP contribution in [0.15, 0.2) is 0 Å². The van der Waals surface area contributed by atoms with Crippen LogP contribution in [0.1, 0.15) is 32.6 Å². The number of likely N-dealkylation sites (N-methyl/N-ethyl adjacent to an activating group) is 1. The maximum Gasteiger partial charge on any atom is 0.320 e. The van der Waals surface area contributed by atoms with E-state index >= 15 is 0 Å². The molecule has 2 fully saturated rings. The molecule has 0 spiro atoms. The van der Waals surface area contributed by atoms with Crippen molar-refractivity contribution in [3.63, 3.8) is 0 Å². The van der Waals surface area contributed by atoms with E-state index < -0.39 is 5.97 Å². The SMILES string of the molecule is CC(C(=O)O)N(C)CC1CC2CCC1C2. The molecule has 3 heteroatoms. The van der Waals surface area contributed by atoms with Crippen LogP contribution in [-0.2, 0) is 4.79 Å². The molecular formula is C12H21NO2. The highest BCUT2D eigenvalue weighted by atomic mass is 16.4. The van der Waals surface area contributed by atoms with Gasteiger partial charge in [0.05, 0.1) is 0 Å². The molecule has 0 saturated heterocycles. The Morgan fingerprint density at radius 2 is 2.20 bits per heavy atom. The van der Waals surface area contributed by atoms with Crippen LogP contribution in [0.3, 0.4) is 0 Å². The Bertz CT molecular complexity index is 254. The summed E-state index contributed by atoms with van der Waals surface area (Å²) in [5, 5.41) is 8.92. The summed E-state index contributed by atoms with van der Waals surface area (Å²) in [7, 11) is 1.94. The molecule has 3 nitrogen and oxygen atoms in total. The third-order valence-electron chi connectivity index (χ3n) is 4.43. The van der Waals surface area contributed by atoms with Crippen molar-refractivity contribution >= 4 is 5.97 Å². The van der Waals surface area contributed by atoms with E-state index in [4.69, 9.17) is 5.11 Å². The molecule has 0 heterocycles. The first-order valence-corrected chi connectivity index (χ1v) is 6.01. The Labute approximate surface area is 91.5 Å². The summed E-state index contributed by atoms with van der Waals surface area (Å²) in [6.45, 7) is 2.74. The highest BCUT2D eigenvalue weighted by Crippen LogP contribution is 2.48. The molecule has 0 aromatic heterocycles. The smallest absolute Gasteiger partial charge is 0.320 e. The predicted molar refractivity (Wildman–Crippen MR) is 58.7 cm³/mol. The van der Waals surface area contributed by atoms with Crippen LogP contribution in [0.4, 0.5) is 0 Å². The van der Waals surface area contributed by atoms with E-state index in [1.54, 1.807) is 6.92 Å². The van der Waals surface area contributed by atoms with E-state index in [0.29, 0.717) is 0 Å². The van der Waals surface area contributed by atoms with Crippen molar-refractivity contribution in [3.8, 4) is 0 Å². The van der Waals surface area contributed by atoms with E-state index in [1.165, 1.54) is 25.7 Å². The Balaban J connectivity index is 1.84. The molecule has 1 N–H and O–H groups in total. The zero-order chi connectivity index (χ0) is 11.0. The fraction of sp³-hybridized carbons (Fsp3) is 0.917. The minimum absolute atomic E-state index is 0.343. The average Bonchev–Trinajstić information content (AvgIpc) is 2.77. The average molecular weight is 211 g/mol. The van der Waals surface area contributed by atoms with Crippen LogP contribution < -0.4 is 0 Å². The van der Waals surface area contributed by atoms with E-state index in [1.807, 2.05) is 11.9 Å². The molecule has 4 unspecified atom stereocenters. The maximum atomic E-state index is 10.8. The van der Waals surface area contributed by atoms with Gasteiger partial charge in [-0.3, -0.25) is 9.69 Å². The van der Waals surface area contributed by atoms with Crippen molar-refractivity contribution in [1.29, 1.82) is 0 Å². The summed E-state index contributed by atoms with van der Waals surface area (Å²) in [6, 6.07) is -0.343. The number of carboxylic acids is 1. The lowest BCUT2D eigenvalue weighted by Gasteiger charge is -2.29. The second-order valence-corrected chi connectivity index (χ2v) is 5.39. The Morgan fingerprint density at radius 3 is 2.67 bits per heavy atom. The van der Waals surface area contributed by atoms with Gasteiger partial charge in [0.15, 0.2) is 0 Å². The predicted octanol–water partition coefficient (Wildman–Crippen LogP) is 1.83. The number of carbonyl (C=O) groups is 1. The van der Waals surface area contributed by atoms with Gasteiger partial charge in [0.2, 0.25) is 0 Å². The Kier molecular flexibility index (Phi) is 3.01. The van der Waals surface area contributed by atoms with Crippen molar-refractivity contribution in [3.05, 3.63) is 0 Å². The molecule has 0 radical (unpaired) electrons. The summed E-state index contributed by atoms with van der Waals surface area (Å²) >= 11 is 0. The molecular weight excluding hydrogens is 190 g/mol. The van der Waals surface area contributed by atoms with Crippen LogP contribution in [0, 0.1) is 17.8 Å². The van der Waals surface area contributed by atoms with Crippen LogP contribution in [-0.4, -0.2) is 35.6 Å². The summed E-state index contributed by atoms with van der Waals surface area (Å²) in [5.41, 5.74) is 0. The molecule has 2 rings (SSSR count). The third-order valence-corrected chi connectivity index (χ3v) is 4.43. The second-order valence-electron chi connectivity index (χ2n) is 5.39. The topological polar surface area (TPSA) is 40.5 Å². The molecule has 2 aliphatic rings. The van der Waals surface area contributed by atoms with Gasteiger partial charge in [-0.2, -0.15) is 0 Å². The minimum atomic E-state index is -0.708. The van der Waals surface area contributed by atoms with Gasteiger partial charge in [-0.15, -0.1) is 0 Å². The maximum absolute atomic E-state index is 10.8. The highest BCUT2D eigenvalue weighted by molar-refractivity contribution is 5.72. The van der Waals surface area contributed by atoms with Gasteiger partial charge >= 0.3 is 5.97 Å². The summed E-state index contributed by atoms with van der Waals surface area (Å²) in [4.78, 5) is 12.8. The number of hydrogen-bond donors (Lipinski definition) is 1. The first kappa shape index (κ1) is 10.9. The monoisotopic (exact) mass is 211 g/mol. The number of rotatable bonds is 4. The van der Waals surface area contributed by atoms with Gasteiger partial charge in [-0.1, -0.05) is 6.42 Å². The molecule has 0 amide bonds. The van der Waals surface area contributed by atoms with E-state index in [9.17, 15) is 4.79 Å². The Morgan fingerprint density at radius 1 is 1.47 bits per heavy atom. The quantitative estimate of drug-likeness (QED) is 0.771. The highest BCUT2D eigenvalue weighted by Gasteiger charge is 2.40. The van der Waals surface area contributed by atoms with Crippen molar-refractivity contribution < 1.29 is 9.90 Å². The van der Waals surface area contributed by atoms with Crippen LogP contribution >= 0.6 is 0 Å². The molecule has 86 valence electrons. The van der Waals surface area contributed by atoms with Crippen molar-refractivity contribution in [2.24, 2.45) is 17.8 Å². The fourth-order valence-electron chi connectivity index (χ4n) is 3.32. The molecule has 2 aliphatic carbocycles. The summed E-state index contributed by atoms with van der Waals surface area (Å²) in [6.07, 6.45) is 5.53. The number of hydrogen-bond acceptors (Lipinski definition) is 2. The number of nitrogens with zero attached hydrogens (tertiary/aromatic N) is 1. The number of aliphatic carboxylic acids is 1. The van der Waals surface area contributed by atoms with Gasteiger partial charge in [0, 0.05) is 6.54 Å². The molecule has 0 aromatic carbocycles. The lowest BCUT2D eigenvalue weighted by molar-refractivity contribution is -0.142. The zero-order valence-corrected chi connectivity index (χ0v) is 9.65. The molecule has 0 aliphatic heterocycles. The van der Waals surface area contributed by atoms with Gasteiger partial charge in [0.25, 0.3) is 0 Å². The second kappa shape index (κ2) is 4.12. The van der Waals surface area contributed by atoms with Gasteiger partial charge in [0.1, 0.15) is 6.04 Å². The standard InChI is InChI=1S/C12H21NO2/c1-8(12(14)15)13(2)7-11-6-9-3-4-10(11)5-9/h8-11H,3-7H2,1-2H3,(H,14,15). The lowest BCUT2D eigenvalue weighted by Crippen LogP contribution is -2.39. The van der Waals surface area contributed by atoms with Crippen molar-refractivity contribution in [2.45, 2.75) is 38.6 Å². The summed E-state index contributed by atoms with van der Waals surface area (Å²) in [5.74, 6) is 1.89. The molecule has 15 heavy (non-hydrogen) atoms. The van der Waals surface area contributed by atoms with Crippen LogP contribution in [0.25, 0.3) is 0 Å². The van der Waals surface area contributed by atoms with Crippen molar-refractivity contribution in [1.82, 2.24) is 4.90 Å². The van der Waals surface area contributed by atoms with E-state index in [-0.39, 0.29) is 6.04 Å². The molecule has 4 atom stereocenters. The van der Waals surface area contributed by atoms with Crippen LogP contribution in [0.2, 0.25) is 0 Å².